The first-order valence-electron chi connectivity index (χ1n) is 6.21. The lowest BCUT2D eigenvalue weighted by Crippen LogP contribution is -2.24. The highest BCUT2D eigenvalue weighted by Gasteiger charge is 2.19. The second-order valence-electron chi connectivity index (χ2n) is 4.40. The number of anilines is 3. The van der Waals surface area contributed by atoms with Gasteiger partial charge in [0.2, 0.25) is 0 Å². The number of nitrogens with zero attached hydrogens (tertiary/aromatic N) is 2. The van der Waals surface area contributed by atoms with E-state index in [2.05, 4.69) is 4.98 Å². The highest BCUT2D eigenvalue weighted by atomic mass is 35.5. The number of rotatable bonds is 4. The summed E-state index contributed by atoms with van der Waals surface area (Å²) in [6.45, 7) is 3.02. The van der Waals surface area contributed by atoms with Crippen molar-refractivity contribution in [1.82, 2.24) is 4.98 Å². The molecule has 6 heteroatoms. The first-order chi connectivity index (χ1) is 9.54. The van der Waals surface area contributed by atoms with Gasteiger partial charge in [0.1, 0.15) is 5.02 Å². The lowest BCUT2D eigenvalue weighted by atomic mass is 10.1. The summed E-state index contributed by atoms with van der Waals surface area (Å²) in [6, 6.07) is 5.22. The van der Waals surface area contributed by atoms with Crippen molar-refractivity contribution in [3.63, 3.8) is 0 Å². The number of benzene rings is 1. The molecule has 20 heavy (non-hydrogen) atoms. The average Bonchev–Trinajstić information content (AvgIpc) is 2.45. The standard InChI is InChI=1S/C14H16ClFN4/c1-2-20(8-9-3-5-19-6-4-9)14-11(18)7-10(17)12(15)13(14)16/h3-7H,2,8,17-18H2,1H3. The van der Waals surface area contributed by atoms with E-state index in [4.69, 9.17) is 23.1 Å². The monoisotopic (exact) mass is 294 g/mol. The number of nitrogens with two attached hydrogens (primary N) is 2. The summed E-state index contributed by atoms with van der Waals surface area (Å²) in [7, 11) is 0. The van der Waals surface area contributed by atoms with E-state index < -0.39 is 5.82 Å². The number of hydrogen-bond acceptors (Lipinski definition) is 4. The average molecular weight is 295 g/mol. The quantitative estimate of drug-likeness (QED) is 0.850. The number of halogens is 2. The summed E-state index contributed by atoms with van der Waals surface area (Å²) < 4.78 is 14.3. The molecule has 2 rings (SSSR count). The Kier molecular flexibility index (Phi) is 4.29. The normalized spacial score (nSPS) is 10.6. The van der Waals surface area contributed by atoms with E-state index >= 15 is 0 Å². The van der Waals surface area contributed by atoms with Gasteiger partial charge >= 0.3 is 0 Å². The molecule has 4 N–H and O–H groups in total. The minimum Gasteiger partial charge on any atom is -0.397 e. The van der Waals surface area contributed by atoms with Crippen molar-refractivity contribution in [1.29, 1.82) is 0 Å². The molecular weight excluding hydrogens is 279 g/mol. The van der Waals surface area contributed by atoms with Crippen molar-refractivity contribution in [3.05, 3.63) is 47.0 Å². The summed E-state index contributed by atoms with van der Waals surface area (Å²) in [5.41, 5.74) is 13.2. The zero-order valence-corrected chi connectivity index (χ0v) is 11.9. The van der Waals surface area contributed by atoms with Crippen molar-refractivity contribution < 1.29 is 4.39 Å². The number of hydrogen-bond donors (Lipinski definition) is 2. The Morgan fingerprint density at radius 3 is 2.50 bits per heavy atom. The Bertz CT molecular complexity index is 604. The molecule has 0 saturated carbocycles. The summed E-state index contributed by atoms with van der Waals surface area (Å²) >= 11 is 5.87. The molecule has 0 radical (unpaired) electrons. The van der Waals surface area contributed by atoms with Crippen LogP contribution in [-0.4, -0.2) is 11.5 Å². The van der Waals surface area contributed by atoms with Gasteiger partial charge in [0.25, 0.3) is 0 Å². The van der Waals surface area contributed by atoms with Crippen molar-refractivity contribution in [2.24, 2.45) is 0 Å². The van der Waals surface area contributed by atoms with Crippen LogP contribution in [0.1, 0.15) is 12.5 Å². The molecule has 1 heterocycles. The lowest BCUT2D eigenvalue weighted by Gasteiger charge is -2.26. The maximum absolute atomic E-state index is 14.3. The summed E-state index contributed by atoms with van der Waals surface area (Å²) in [5, 5.41) is -0.0950. The summed E-state index contributed by atoms with van der Waals surface area (Å²) in [6.07, 6.45) is 3.39. The van der Waals surface area contributed by atoms with Crippen LogP contribution in [0.4, 0.5) is 21.5 Å². The van der Waals surface area contributed by atoms with Crippen LogP contribution >= 0.6 is 11.6 Å². The van der Waals surface area contributed by atoms with E-state index in [-0.39, 0.29) is 22.1 Å². The third-order valence-corrected chi connectivity index (χ3v) is 3.44. The largest absolute Gasteiger partial charge is 0.397 e. The van der Waals surface area contributed by atoms with E-state index in [1.54, 1.807) is 12.4 Å². The molecule has 0 bridgehead atoms. The van der Waals surface area contributed by atoms with Crippen LogP contribution in [0, 0.1) is 5.82 Å². The van der Waals surface area contributed by atoms with Gasteiger partial charge in [-0.3, -0.25) is 4.98 Å². The van der Waals surface area contributed by atoms with Crippen LogP contribution in [-0.2, 0) is 6.54 Å². The molecule has 0 unspecified atom stereocenters. The van der Waals surface area contributed by atoms with Crippen LogP contribution in [0.15, 0.2) is 30.6 Å². The van der Waals surface area contributed by atoms with Gasteiger partial charge in [-0.2, -0.15) is 0 Å². The maximum Gasteiger partial charge on any atom is 0.169 e. The second kappa shape index (κ2) is 5.96. The highest BCUT2D eigenvalue weighted by molar-refractivity contribution is 6.33. The zero-order chi connectivity index (χ0) is 14.7. The van der Waals surface area contributed by atoms with Gasteiger partial charge in [-0.1, -0.05) is 11.6 Å². The molecule has 0 amide bonds. The molecule has 106 valence electrons. The fourth-order valence-corrected chi connectivity index (χ4v) is 2.18. The molecule has 1 aromatic carbocycles. The Hall–Kier alpha value is -2.01. The fourth-order valence-electron chi connectivity index (χ4n) is 2.04. The lowest BCUT2D eigenvalue weighted by molar-refractivity contribution is 0.620. The molecule has 0 atom stereocenters. The van der Waals surface area contributed by atoms with E-state index in [0.717, 1.165) is 5.56 Å². The minimum absolute atomic E-state index is 0.0950. The van der Waals surface area contributed by atoms with Crippen molar-refractivity contribution >= 4 is 28.7 Å². The minimum atomic E-state index is -0.583. The van der Waals surface area contributed by atoms with Gasteiger partial charge in [0, 0.05) is 25.5 Å². The van der Waals surface area contributed by atoms with Crippen molar-refractivity contribution in [3.8, 4) is 0 Å². The predicted molar refractivity (Wildman–Crippen MR) is 81.2 cm³/mol. The smallest absolute Gasteiger partial charge is 0.169 e. The SMILES string of the molecule is CCN(Cc1ccncc1)c1c(N)cc(N)c(Cl)c1F. The highest BCUT2D eigenvalue weighted by Crippen LogP contribution is 2.36. The first kappa shape index (κ1) is 14.4. The van der Waals surface area contributed by atoms with Gasteiger partial charge in [-0.25, -0.2) is 4.39 Å². The molecule has 0 spiro atoms. The topological polar surface area (TPSA) is 68.2 Å². The molecule has 4 nitrogen and oxygen atoms in total. The van der Waals surface area contributed by atoms with Gasteiger partial charge in [0.05, 0.1) is 17.1 Å². The van der Waals surface area contributed by atoms with Crippen LogP contribution in [0.3, 0.4) is 0 Å². The second-order valence-corrected chi connectivity index (χ2v) is 4.78. The van der Waals surface area contributed by atoms with Gasteiger partial charge in [0.15, 0.2) is 5.82 Å². The third kappa shape index (κ3) is 2.77. The molecule has 0 fully saturated rings. The Morgan fingerprint density at radius 1 is 1.25 bits per heavy atom. The Labute approximate surface area is 122 Å². The van der Waals surface area contributed by atoms with Gasteiger partial charge in [-0.05, 0) is 30.7 Å². The van der Waals surface area contributed by atoms with E-state index in [1.165, 1.54) is 6.07 Å². The molecule has 2 aromatic rings. The molecule has 0 saturated heterocycles. The molecule has 0 aliphatic heterocycles. The maximum atomic E-state index is 14.3. The molecule has 0 aliphatic rings. The summed E-state index contributed by atoms with van der Waals surface area (Å²) in [4.78, 5) is 5.77. The van der Waals surface area contributed by atoms with Crippen LogP contribution in [0.5, 0.6) is 0 Å². The zero-order valence-electron chi connectivity index (χ0n) is 11.1. The van der Waals surface area contributed by atoms with Crippen LogP contribution in [0.2, 0.25) is 5.02 Å². The molecule has 1 aromatic heterocycles. The van der Waals surface area contributed by atoms with Gasteiger partial charge in [-0.15, -0.1) is 0 Å². The fraction of sp³-hybridized carbons (Fsp3) is 0.214. The summed E-state index contributed by atoms with van der Waals surface area (Å²) in [5.74, 6) is -0.583. The molecule has 0 aliphatic carbocycles. The number of aromatic nitrogens is 1. The van der Waals surface area contributed by atoms with Crippen molar-refractivity contribution in [2.75, 3.05) is 22.9 Å². The molecular formula is C14H16ClFN4. The first-order valence-corrected chi connectivity index (χ1v) is 6.59. The third-order valence-electron chi connectivity index (χ3n) is 3.06. The Balaban J connectivity index is 2.40. The van der Waals surface area contributed by atoms with E-state index in [9.17, 15) is 4.39 Å². The predicted octanol–water partition coefficient (Wildman–Crippen LogP) is 3.07. The number of pyridine rings is 1. The Morgan fingerprint density at radius 2 is 1.90 bits per heavy atom. The van der Waals surface area contributed by atoms with E-state index in [1.807, 2.05) is 24.0 Å². The van der Waals surface area contributed by atoms with Crippen LogP contribution in [0.25, 0.3) is 0 Å². The number of nitrogen functional groups attached to an aromatic ring is 2. The van der Waals surface area contributed by atoms with Crippen LogP contribution < -0.4 is 16.4 Å². The van der Waals surface area contributed by atoms with Crippen molar-refractivity contribution in [2.45, 2.75) is 13.5 Å². The van der Waals surface area contributed by atoms with Gasteiger partial charge < -0.3 is 16.4 Å². The van der Waals surface area contributed by atoms with E-state index in [0.29, 0.717) is 13.1 Å².